The van der Waals surface area contributed by atoms with Crippen LogP contribution in [0.1, 0.15) is 11.1 Å². The van der Waals surface area contributed by atoms with Crippen molar-refractivity contribution in [1.29, 1.82) is 0 Å². The first-order valence-electron chi connectivity index (χ1n) is 5.42. The number of rotatable bonds is 3. The highest BCUT2D eigenvalue weighted by Gasteiger charge is 2.26. The Kier molecular flexibility index (Phi) is 3.57. The molecule has 0 saturated heterocycles. The highest BCUT2D eigenvalue weighted by Crippen LogP contribution is 2.42. The van der Waals surface area contributed by atoms with Gasteiger partial charge in [-0.25, -0.2) is 0 Å². The molecule has 2 aromatic carbocycles. The van der Waals surface area contributed by atoms with Crippen molar-refractivity contribution >= 4 is 17.3 Å². The number of nitrogens with zero attached hydrogens (tertiary/aromatic N) is 1. The first-order chi connectivity index (χ1) is 9.00. The van der Waals surface area contributed by atoms with Gasteiger partial charge in [0.2, 0.25) is 5.75 Å². The number of phenols is 2. The largest absolute Gasteiger partial charge is 0.504 e. The van der Waals surface area contributed by atoms with E-state index in [4.69, 9.17) is 11.6 Å². The SMILES string of the molecule is O=[N+]([O-])c1c(O)c(O)cc(Cl)c1Cc1ccccc1. The van der Waals surface area contributed by atoms with Crippen molar-refractivity contribution in [3.8, 4) is 11.5 Å². The van der Waals surface area contributed by atoms with Crippen molar-refractivity contribution < 1.29 is 15.1 Å². The predicted molar refractivity (Wildman–Crippen MR) is 70.7 cm³/mol. The van der Waals surface area contributed by atoms with E-state index in [0.717, 1.165) is 11.6 Å². The molecule has 0 bridgehead atoms. The molecular weight excluding hydrogens is 270 g/mol. The second-order valence-electron chi connectivity index (χ2n) is 3.97. The number of hydrogen-bond acceptors (Lipinski definition) is 4. The van der Waals surface area contributed by atoms with Crippen LogP contribution in [0.4, 0.5) is 5.69 Å². The van der Waals surface area contributed by atoms with E-state index in [-0.39, 0.29) is 17.0 Å². The van der Waals surface area contributed by atoms with E-state index >= 15 is 0 Å². The van der Waals surface area contributed by atoms with Crippen LogP contribution in [-0.2, 0) is 6.42 Å². The van der Waals surface area contributed by atoms with Gasteiger partial charge >= 0.3 is 5.69 Å². The Hall–Kier alpha value is -2.27. The summed E-state index contributed by atoms with van der Waals surface area (Å²) in [7, 11) is 0. The van der Waals surface area contributed by atoms with E-state index in [9.17, 15) is 20.3 Å². The lowest BCUT2D eigenvalue weighted by Crippen LogP contribution is -1.98. The summed E-state index contributed by atoms with van der Waals surface area (Å²) in [6.07, 6.45) is 0.198. The van der Waals surface area contributed by atoms with Crippen LogP contribution in [0, 0.1) is 10.1 Å². The summed E-state index contributed by atoms with van der Waals surface area (Å²) in [6, 6.07) is 10.1. The third-order valence-corrected chi connectivity index (χ3v) is 3.05. The van der Waals surface area contributed by atoms with Crippen molar-refractivity contribution in [3.63, 3.8) is 0 Å². The fourth-order valence-corrected chi connectivity index (χ4v) is 2.08. The summed E-state index contributed by atoms with van der Waals surface area (Å²) in [5, 5.41) is 30.0. The summed E-state index contributed by atoms with van der Waals surface area (Å²) in [5.41, 5.74) is 0.430. The number of phenolic OH excluding ortho intramolecular Hbond substituents is 2. The minimum Gasteiger partial charge on any atom is -0.504 e. The van der Waals surface area contributed by atoms with Crippen LogP contribution in [0.15, 0.2) is 36.4 Å². The lowest BCUT2D eigenvalue weighted by molar-refractivity contribution is -0.386. The van der Waals surface area contributed by atoms with Gasteiger partial charge in [-0.2, -0.15) is 0 Å². The Morgan fingerprint density at radius 3 is 2.42 bits per heavy atom. The molecule has 0 radical (unpaired) electrons. The van der Waals surface area contributed by atoms with Gasteiger partial charge in [0.05, 0.1) is 15.5 Å². The molecule has 2 aromatic rings. The van der Waals surface area contributed by atoms with Crippen molar-refractivity contribution in [1.82, 2.24) is 0 Å². The van der Waals surface area contributed by atoms with Crippen LogP contribution in [0.2, 0.25) is 5.02 Å². The molecule has 6 heteroatoms. The maximum absolute atomic E-state index is 11.0. The quantitative estimate of drug-likeness (QED) is 0.513. The molecule has 0 amide bonds. The van der Waals surface area contributed by atoms with Crippen molar-refractivity contribution in [2.24, 2.45) is 0 Å². The Morgan fingerprint density at radius 2 is 1.84 bits per heavy atom. The molecule has 2 rings (SSSR count). The average molecular weight is 280 g/mol. The van der Waals surface area contributed by atoms with Crippen LogP contribution < -0.4 is 0 Å². The fraction of sp³-hybridized carbons (Fsp3) is 0.0769. The van der Waals surface area contributed by atoms with E-state index in [1.54, 1.807) is 24.3 Å². The Morgan fingerprint density at radius 1 is 1.21 bits per heavy atom. The lowest BCUT2D eigenvalue weighted by atomic mass is 10.0. The van der Waals surface area contributed by atoms with Gasteiger partial charge in [-0.3, -0.25) is 10.1 Å². The molecular formula is C13H10ClNO4. The summed E-state index contributed by atoms with van der Waals surface area (Å²) >= 11 is 5.93. The van der Waals surface area contributed by atoms with E-state index in [1.807, 2.05) is 6.07 Å². The molecule has 19 heavy (non-hydrogen) atoms. The summed E-state index contributed by atoms with van der Waals surface area (Å²) < 4.78 is 0. The monoisotopic (exact) mass is 279 g/mol. The minimum atomic E-state index is -0.764. The minimum absolute atomic E-state index is 0.0471. The van der Waals surface area contributed by atoms with Gasteiger partial charge in [0.15, 0.2) is 5.75 Å². The molecule has 0 saturated carbocycles. The van der Waals surface area contributed by atoms with Gasteiger partial charge in [-0.1, -0.05) is 41.9 Å². The highest BCUT2D eigenvalue weighted by atomic mass is 35.5. The van der Waals surface area contributed by atoms with E-state index in [2.05, 4.69) is 0 Å². The van der Waals surface area contributed by atoms with E-state index in [1.165, 1.54) is 0 Å². The lowest BCUT2D eigenvalue weighted by Gasteiger charge is -2.08. The molecule has 0 aromatic heterocycles. The zero-order chi connectivity index (χ0) is 14.0. The van der Waals surface area contributed by atoms with Crippen LogP contribution >= 0.6 is 11.6 Å². The van der Waals surface area contributed by atoms with Gasteiger partial charge in [0.25, 0.3) is 0 Å². The topological polar surface area (TPSA) is 83.6 Å². The van der Waals surface area contributed by atoms with E-state index < -0.39 is 22.1 Å². The molecule has 0 aliphatic heterocycles. The number of nitro groups is 1. The molecule has 98 valence electrons. The third-order valence-electron chi connectivity index (χ3n) is 2.71. The molecule has 0 heterocycles. The zero-order valence-electron chi connectivity index (χ0n) is 9.71. The maximum atomic E-state index is 11.0. The molecule has 0 aliphatic rings. The fourth-order valence-electron chi connectivity index (χ4n) is 1.82. The summed E-state index contributed by atoms with van der Waals surface area (Å²) in [4.78, 5) is 10.3. The normalized spacial score (nSPS) is 10.4. The first kappa shape index (κ1) is 13.2. The molecule has 0 atom stereocenters. The smallest absolute Gasteiger partial charge is 0.319 e. The molecule has 0 unspecified atom stereocenters. The number of halogens is 1. The van der Waals surface area contributed by atoms with Crippen LogP contribution in [-0.4, -0.2) is 15.1 Å². The van der Waals surface area contributed by atoms with Crippen molar-refractivity contribution in [2.75, 3.05) is 0 Å². The number of nitro benzene ring substituents is 1. The van der Waals surface area contributed by atoms with Gasteiger partial charge in [-0.05, 0) is 5.56 Å². The second kappa shape index (κ2) is 5.16. The Balaban J connectivity index is 2.56. The van der Waals surface area contributed by atoms with Crippen LogP contribution in [0.3, 0.4) is 0 Å². The van der Waals surface area contributed by atoms with Crippen LogP contribution in [0.5, 0.6) is 11.5 Å². The van der Waals surface area contributed by atoms with Crippen LogP contribution in [0.25, 0.3) is 0 Å². The second-order valence-corrected chi connectivity index (χ2v) is 4.38. The molecule has 0 spiro atoms. The molecule has 0 fully saturated rings. The van der Waals surface area contributed by atoms with Gasteiger partial charge < -0.3 is 10.2 Å². The number of hydrogen-bond donors (Lipinski definition) is 2. The Bertz CT molecular complexity index is 628. The number of benzene rings is 2. The molecule has 2 N–H and O–H groups in total. The van der Waals surface area contributed by atoms with Crippen molar-refractivity contribution in [2.45, 2.75) is 6.42 Å². The summed E-state index contributed by atoms with van der Waals surface area (Å²) in [6.45, 7) is 0. The predicted octanol–water partition coefficient (Wildman–Crippen LogP) is 3.25. The summed E-state index contributed by atoms with van der Waals surface area (Å²) in [5.74, 6) is -1.37. The molecule has 5 nitrogen and oxygen atoms in total. The van der Waals surface area contributed by atoms with Crippen molar-refractivity contribution in [3.05, 3.63) is 62.7 Å². The number of aromatic hydroxyl groups is 2. The standard InChI is InChI=1S/C13H10ClNO4/c14-10-7-11(16)13(17)12(15(18)19)9(10)6-8-4-2-1-3-5-8/h1-5,7,16-17H,6H2. The maximum Gasteiger partial charge on any atom is 0.319 e. The zero-order valence-corrected chi connectivity index (χ0v) is 10.5. The van der Waals surface area contributed by atoms with Gasteiger partial charge in [0, 0.05) is 12.5 Å². The van der Waals surface area contributed by atoms with Gasteiger partial charge in [-0.15, -0.1) is 0 Å². The Labute approximate surface area is 113 Å². The molecule has 0 aliphatic carbocycles. The van der Waals surface area contributed by atoms with Gasteiger partial charge in [0.1, 0.15) is 0 Å². The third kappa shape index (κ3) is 2.61. The van der Waals surface area contributed by atoms with E-state index in [0.29, 0.717) is 0 Å². The first-order valence-corrected chi connectivity index (χ1v) is 5.80. The highest BCUT2D eigenvalue weighted by molar-refractivity contribution is 6.32. The average Bonchev–Trinajstić information content (AvgIpc) is 2.37.